The SMILES string of the molecule is CN=C(NCCC(C)c1ccc(OC)cc1)NCC1CCN(S(C)(=O)=O)CC1. The van der Waals surface area contributed by atoms with Crippen LogP contribution in [-0.4, -0.2) is 65.3 Å². The lowest BCUT2D eigenvalue weighted by molar-refractivity contribution is 0.275. The second-order valence-corrected chi connectivity index (χ2v) is 9.43. The van der Waals surface area contributed by atoms with Crippen LogP contribution in [0, 0.1) is 5.92 Å². The molecule has 0 spiro atoms. The highest BCUT2D eigenvalue weighted by Crippen LogP contribution is 2.21. The molecule has 1 aliphatic rings. The van der Waals surface area contributed by atoms with E-state index in [0.29, 0.717) is 24.9 Å². The molecule has 0 radical (unpaired) electrons. The standard InChI is InChI=1S/C20H34N4O3S/c1-16(18-5-7-19(27-3)8-6-18)9-12-22-20(21-2)23-15-17-10-13-24(14-11-17)28(4,25)26/h5-8,16-17H,9-15H2,1-4H3,(H2,21,22,23). The van der Waals surface area contributed by atoms with Crippen LogP contribution in [0.4, 0.5) is 0 Å². The number of ether oxygens (including phenoxy) is 1. The summed E-state index contributed by atoms with van der Waals surface area (Å²) in [6.45, 7) is 5.08. The smallest absolute Gasteiger partial charge is 0.211 e. The van der Waals surface area contributed by atoms with E-state index in [4.69, 9.17) is 4.74 Å². The molecule has 1 aromatic rings. The van der Waals surface area contributed by atoms with Crippen molar-refractivity contribution in [1.29, 1.82) is 0 Å². The Morgan fingerprint density at radius 1 is 1.25 bits per heavy atom. The van der Waals surface area contributed by atoms with Gasteiger partial charge in [0.05, 0.1) is 13.4 Å². The lowest BCUT2D eigenvalue weighted by Crippen LogP contribution is -2.44. The van der Waals surface area contributed by atoms with Gasteiger partial charge in [0.1, 0.15) is 5.75 Å². The fourth-order valence-electron chi connectivity index (χ4n) is 3.41. The summed E-state index contributed by atoms with van der Waals surface area (Å²) in [7, 11) is 0.386. The van der Waals surface area contributed by atoms with Crippen molar-refractivity contribution in [2.75, 3.05) is 46.6 Å². The minimum atomic E-state index is -3.06. The molecule has 1 saturated heterocycles. The molecule has 1 aliphatic heterocycles. The molecule has 0 saturated carbocycles. The molecule has 2 N–H and O–H groups in total. The van der Waals surface area contributed by atoms with Crippen LogP contribution in [-0.2, 0) is 10.0 Å². The normalized spacial score (nSPS) is 17.9. The maximum Gasteiger partial charge on any atom is 0.211 e. The van der Waals surface area contributed by atoms with Crippen LogP contribution in [0.5, 0.6) is 5.75 Å². The van der Waals surface area contributed by atoms with Gasteiger partial charge in [0, 0.05) is 33.2 Å². The third kappa shape index (κ3) is 6.98. The van der Waals surface area contributed by atoms with Gasteiger partial charge in [-0.25, -0.2) is 12.7 Å². The molecule has 1 fully saturated rings. The first-order valence-corrected chi connectivity index (χ1v) is 11.7. The zero-order valence-electron chi connectivity index (χ0n) is 17.4. The van der Waals surface area contributed by atoms with Crippen molar-refractivity contribution < 1.29 is 13.2 Å². The van der Waals surface area contributed by atoms with Gasteiger partial charge in [-0.2, -0.15) is 0 Å². The lowest BCUT2D eigenvalue weighted by Gasteiger charge is -2.30. The van der Waals surface area contributed by atoms with Crippen LogP contribution in [0.15, 0.2) is 29.3 Å². The van der Waals surface area contributed by atoms with E-state index in [1.165, 1.54) is 11.8 Å². The molecule has 7 nitrogen and oxygen atoms in total. The molecule has 8 heteroatoms. The molecule has 1 unspecified atom stereocenters. The molecule has 0 bridgehead atoms. The van der Waals surface area contributed by atoms with Gasteiger partial charge in [-0.15, -0.1) is 0 Å². The molecule has 0 aromatic heterocycles. The molecule has 1 heterocycles. The fourth-order valence-corrected chi connectivity index (χ4v) is 4.29. The number of hydrogen-bond acceptors (Lipinski definition) is 4. The summed E-state index contributed by atoms with van der Waals surface area (Å²) in [5, 5.41) is 6.75. The van der Waals surface area contributed by atoms with Crippen LogP contribution in [0.2, 0.25) is 0 Å². The Bertz CT molecular complexity index is 726. The molecule has 158 valence electrons. The Balaban J connectivity index is 1.68. The number of nitrogens with zero attached hydrogens (tertiary/aromatic N) is 2. The largest absolute Gasteiger partial charge is 0.497 e. The molecule has 1 atom stereocenters. The molecule has 0 amide bonds. The molecule has 2 rings (SSSR count). The van der Waals surface area contributed by atoms with Gasteiger partial charge in [0.15, 0.2) is 5.96 Å². The van der Waals surface area contributed by atoms with Crippen LogP contribution >= 0.6 is 0 Å². The second-order valence-electron chi connectivity index (χ2n) is 7.45. The number of piperidine rings is 1. The van der Waals surface area contributed by atoms with E-state index < -0.39 is 10.0 Å². The van der Waals surface area contributed by atoms with Gasteiger partial charge in [-0.1, -0.05) is 19.1 Å². The number of guanidine groups is 1. The first-order chi connectivity index (χ1) is 13.3. The average molecular weight is 411 g/mol. The average Bonchev–Trinajstić information content (AvgIpc) is 2.70. The number of hydrogen-bond donors (Lipinski definition) is 2. The van der Waals surface area contributed by atoms with Crippen molar-refractivity contribution in [2.45, 2.75) is 32.1 Å². The Kier molecular flexibility index (Phi) is 8.57. The summed E-state index contributed by atoms with van der Waals surface area (Å²) in [5.74, 6) is 2.58. The number of nitrogens with one attached hydrogen (secondary N) is 2. The van der Waals surface area contributed by atoms with Gasteiger partial charge in [-0.05, 0) is 48.8 Å². The van der Waals surface area contributed by atoms with Crippen molar-refractivity contribution in [1.82, 2.24) is 14.9 Å². The predicted molar refractivity (Wildman–Crippen MR) is 115 cm³/mol. The van der Waals surface area contributed by atoms with E-state index >= 15 is 0 Å². The van der Waals surface area contributed by atoms with Crippen molar-refractivity contribution in [3.05, 3.63) is 29.8 Å². The number of aliphatic imine (C=N–C) groups is 1. The minimum absolute atomic E-state index is 0.442. The zero-order valence-corrected chi connectivity index (χ0v) is 18.3. The molecular formula is C20H34N4O3S. The van der Waals surface area contributed by atoms with Gasteiger partial charge < -0.3 is 15.4 Å². The van der Waals surface area contributed by atoms with E-state index in [9.17, 15) is 8.42 Å². The monoisotopic (exact) mass is 410 g/mol. The number of sulfonamides is 1. The number of benzene rings is 1. The fraction of sp³-hybridized carbons (Fsp3) is 0.650. The Hall–Kier alpha value is -1.80. The van der Waals surface area contributed by atoms with Crippen molar-refractivity contribution in [3.63, 3.8) is 0 Å². The van der Waals surface area contributed by atoms with Crippen LogP contribution in [0.3, 0.4) is 0 Å². The summed E-state index contributed by atoms with van der Waals surface area (Å²) < 4.78 is 29.9. The van der Waals surface area contributed by atoms with Crippen molar-refractivity contribution >= 4 is 16.0 Å². The second kappa shape index (κ2) is 10.7. The van der Waals surface area contributed by atoms with E-state index in [-0.39, 0.29) is 0 Å². The Labute approximate surface area is 169 Å². The summed E-state index contributed by atoms with van der Waals surface area (Å²) >= 11 is 0. The quantitative estimate of drug-likeness (QED) is 0.506. The summed E-state index contributed by atoms with van der Waals surface area (Å²) in [6.07, 6.45) is 4.04. The Morgan fingerprint density at radius 3 is 2.43 bits per heavy atom. The number of rotatable bonds is 8. The van der Waals surface area contributed by atoms with Crippen molar-refractivity contribution in [2.24, 2.45) is 10.9 Å². The minimum Gasteiger partial charge on any atom is -0.497 e. The maximum atomic E-state index is 11.6. The van der Waals surface area contributed by atoms with Crippen molar-refractivity contribution in [3.8, 4) is 5.75 Å². The predicted octanol–water partition coefficient (Wildman–Crippen LogP) is 2.03. The summed E-state index contributed by atoms with van der Waals surface area (Å²) in [4.78, 5) is 4.29. The molecular weight excluding hydrogens is 376 g/mol. The van der Waals surface area contributed by atoms with E-state index in [0.717, 1.165) is 44.1 Å². The highest BCUT2D eigenvalue weighted by molar-refractivity contribution is 7.88. The lowest BCUT2D eigenvalue weighted by atomic mass is 9.98. The van der Waals surface area contributed by atoms with E-state index in [2.05, 4.69) is 34.7 Å². The van der Waals surface area contributed by atoms with E-state index in [1.807, 2.05) is 12.1 Å². The highest BCUT2D eigenvalue weighted by atomic mass is 32.2. The first kappa shape index (κ1) is 22.5. The van der Waals surface area contributed by atoms with Crippen LogP contribution < -0.4 is 15.4 Å². The summed E-state index contributed by atoms with van der Waals surface area (Å²) in [6, 6.07) is 8.21. The van der Waals surface area contributed by atoms with Crippen LogP contribution in [0.25, 0.3) is 0 Å². The van der Waals surface area contributed by atoms with Gasteiger partial charge in [-0.3, -0.25) is 4.99 Å². The third-order valence-corrected chi connectivity index (χ3v) is 6.68. The van der Waals surface area contributed by atoms with E-state index in [1.54, 1.807) is 18.5 Å². The van der Waals surface area contributed by atoms with Gasteiger partial charge >= 0.3 is 0 Å². The number of methoxy groups -OCH3 is 1. The molecule has 0 aliphatic carbocycles. The molecule has 1 aromatic carbocycles. The van der Waals surface area contributed by atoms with Gasteiger partial charge in [0.2, 0.25) is 10.0 Å². The van der Waals surface area contributed by atoms with Gasteiger partial charge in [0.25, 0.3) is 0 Å². The highest BCUT2D eigenvalue weighted by Gasteiger charge is 2.24. The Morgan fingerprint density at radius 2 is 1.89 bits per heavy atom. The molecule has 28 heavy (non-hydrogen) atoms. The summed E-state index contributed by atoms with van der Waals surface area (Å²) in [5.41, 5.74) is 1.29. The van der Waals surface area contributed by atoms with Crippen LogP contribution in [0.1, 0.15) is 37.7 Å². The first-order valence-electron chi connectivity index (χ1n) is 9.87. The maximum absolute atomic E-state index is 11.6. The topological polar surface area (TPSA) is 83.0 Å². The third-order valence-electron chi connectivity index (χ3n) is 5.38. The zero-order chi connectivity index (χ0) is 20.6.